The van der Waals surface area contributed by atoms with Crippen LogP contribution in [-0.2, 0) is 4.79 Å². The van der Waals surface area contributed by atoms with Gasteiger partial charge in [-0.05, 0) is 85.1 Å². The number of nitrogens with two attached hydrogens (primary N) is 1. The summed E-state index contributed by atoms with van der Waals surface area (Å²) < 4.78 is 17.7. The Hall–Kier alpha value is -3.75. The molecule has 9 heteroatoms. The van der Waals surface area contributed by atoms with Crippen LogP contribution in [0.15, 0.2) is 42.5 Å². The lowest BCUT2D eigenvalue weighted by Gasteiger charge is -2.31. The Morgan fingerprint density at radius 1 is 0.825 bits per heavy atom. The molecule has 0 unspecified atom stereocenters. The molecule has 40 heavy (non-hydrogen) atoms. The van der Waals surface area contributed by atoms with Crippen LogP contribution in [0, 0.1) is 5.41 Å². The fourth-order valence-corrected chi connectivity index (χ4v) is 4.47. The van der Waals surface area contributed by atoms with Gasteiger partial charge in [-0.25, -0.2) is 0 Å². The summed E-state index contributed by atoms with van der Waals surface area (Å²) in [4.78, 5) is 29.5. The number of nitrogens with one attached hydrogen (secondary N) is 1. The van der Waals surface area contributed by atoms with E-state index in [1.807, 2.05) is 59.7 Å². The Bertz CT molecular complexity index is 1110. The van der Waals surface area contributed by atoms with Crippen LogP contribution in [0.1, 0.15) is 76.7 Å². The first-order valence-electron chi connectivity index (χ1n) is 14.2. The average molecular weight is 555 g/mol. The van der Waals surface area contributed by atoms with Crippen molar-refractivity contribution >= 4 is 17.6 Å². The van der Waals surface area contributed by atoms with E-state index in [9.17, 15) is 9.59 Å². The van der Waals surface area contributed by atoms with Crippen molar-refractivity contribution in [2.45, 2.75) is 72.9 Å². The minimum atomic E-state index is -0.151. The topological polar surface area (TPSA) is 118 Å². The zero-order valence-corrected chi connectivity index (χ0v) is 24.9. The number of unbranched alkanes of at least 4 members (excludes halogenated alkanes) is 2. The molecule has 2 rings (SSSR count). The molecule has 0 aliphatic heterocycles. The lowest BCUT2D eigenvalue weighted by molar-refractivity contribution is -0.133. The van der Waals surface area contributed by atoms with E-state index >= 15 is 0 Å². The lowest BCUT2D eigenvalue weighted by atomic mass is 10.1. The van der Waals surface area contributed by atoms with Gasteiger partial charge in [0.15, 0.2) is 6.61 Å². The van der Waals surface area contributed by atoms with E-state index in [-0.39, 0.29) is 36.3 Å². The highest BCUT2D eigenvalue weighted by atomic mass is 16.5. The summed E-state index contributed by atoms with van der Waals surface area (Å²) in [5.41, 5.74) is 6.61. The number of amides is 2. The zero-order valence-electron chi connectivity index (χ0n) is 24.9. The number of hydrogen-bond acceptors (Lipinski definition) is 6. The smallest absolute Gasteiger partial charge is 0.260 e. The molecule has 0 heterocycles. The van der Waals surface area contributed by atoms with E-state index in [2.05, 4.69) is 0 Å². The van der Waals surface area contributed by atoms with E-state index < -0.39 is 0 Å². The van der Waals surface area contributed by atoms with Gasteiger partial charge < -0.3 is 29.7 Å². The van der Waals surface area contributed by atoms with Crippen LogP contribution in [0.4, 0.5) is 0 Å². The summed E-state index contributed by atoms with van der Waals surface area (Å²) in [7, 11) is 0. The maximum Gasteiger partial charge on any atom is 0.260 e. The van der Waals surface area contributed by atoms with Gasteiger partial charge in [-0.15, -0.1) is 0 Å². The lowest BCUT2D eigenvalue weighted by Crippen LogP contribution is -2.42. The largest absolute Gasteiger partial charge is 0.493 e. The molecule has 2 amide bonds. The third-order valence-electron chi connectivity index (χ3n) is 6.49. The summed E-state index contributed by atoms with van der Waals surface area (Å²) in [6.07, 6.45) is 2.52. The van der Waals surface area contributed by atoms with E-state index in [1.54, 1.807) is 34.1 Å². The zero-order chi connectivity index (χ0) is 29.7. The maximum absolute atomic E-state index is 13.5. The molecule has 0 saturated carbocycles. The van der Waals surface area contributed by atoms with Gasteiger partial charge in [0, 0.05) is 31.2 Å². The number of rotatable bonds is 17. The number of nitrogens with zero attached hydrogens (tertiary/aromatic N) is 2. The van der Waals surface area contributed by atoms with Gasteiger partial charge in [-0.1, -0.05) is 12.1 Å². The second-order valence-corrected chi connectivity index (χ2v) is 10.1. The van der Waals surface area contributed by atoms with Gasteiger partial charge in [-0.3, -0.25) is 15.0 Å². The molecule has 0 aromatic heterocycles. The summed E-state index contributed by atoms with van der Waals surface area (Å²) in [5, 5.41) is 7.66. The summed E-state index contributed by atoms with van der Waals surface area (Å²) in [5.74, 6) is 1.24. The molecule has 0 saturated heterocycles. The second-order valence-electron chi connectivity index (χ2n) is 10.1. The Balaban J connectivity index is 2.00. The molecular formula is C31H46N4O5. The van der Waals surface area contributed by atoms with Gasteiger partial charge in [0.25, 0.3) is 11.8 Å². The van der Waals surface area contributed by atoms with Crippen molar-refractivity contribution in [2.75, 3.05) is 32.9 Å². The van der Waals surface area contributed by atoms with Gasteiger partial charge in [-0.2, -0.15) is 0 Å². The normalized spacial score (nSPS) is 10.9. The van der Waals surface area contributed by atoms with Crippen LogP contribution in [0.2, 0.25) is 0 Å². The Labute approximate surface area is 239 Å². The SMILES string of the molecule is CCN(CC)C(=O)COc1cc(OCCCCCOc2ccccc2C(=N)N)ccc1C(=O)N(C(C)C)C(C)C. The number of hydrogen-bond donors (Lipinski definition) is 2. The molecule has 0 aliphatic rings. The highest BCUT2D eigenvalue weighted by Gasteiger charge is 2.25. The van der Waals surface area contributed by atoms with E-state index in [1.165, 1.54) is 0 Å². The minimum absolute atomic E-state index is 0.00787. The predicted octanol–water partition coefficient (Wildman–Crippen LogP) is 5.10. The van der Waals surface area contributed by atoms with E-state index in [4.69, 9.17) is 25.4 Å². The maximum atomic E-state index is 13.5. The van der Waals surface area contributed by atoms with Crippen molar-refractivity contribution in [3.05, 3.63) is 53.6 Å². The molecule has 220 valence electrons. The molecular weight excluding hydrogens is 508 g/mol. The monoisotopic (exact) mass is 554 g/mol. The first-order chi connectivity index (χ1) is 19.1. The standard InChI is InChI=1S/C31H46N4O5/c1-7-34(8-2)29(36)21-40-28-20-24(16-17-26(28)31(37)35(22(3)4)23(5)6)38-18-12-9-13-19-39-27-15-11-10-14-25(27)30(32)33/h10-11,14-17,20,22-23H,7-9,12-13,18-19,21H2,1-6H3,(H3,32,33). The minimum Gasteiger partial charge on any atom is -0.493 e. The average Bonchev–Trinajstić information content (AvgIpc) is 2.91. The van der Waals surface area contributed by atoms with Crippen molar-refractivity contribution < 1.29 is 23.8 Å². The predicted molar refractivity (Wildman–Crippen MR) is 159 cm³/mol. The van der Waals surface area contributed by atoms with Crippen molar-refractivity contribution in [3.8, 4) is 17.2 Å². The Morgan fingerprint density at radius 3 is 2.05 bits per heavy atom. The number of likely N-dealkylation sites (N-methyl/N-ethyl adjacent to an activating group) is 1. The summed E-state index contributed by atoms with van der Waals surface area (Å²) >= 11 is 0. The van der Waals surface area contributed by atoms with Crippen LogP contribution in [0.25, 0.3) is 0 Å². The number of carbonyl (C=O) groups excluding carboxylic acids is 2. The number of amidine groups is 1. The first-order valence-corrected chi connectivity index (χ1v) is 14.2. The van der Waals surface area contributed by atoms with Gasteiger partial charge in [0.2, 0.25) is 0 Å². The van der Waals surface area contributed by atoms with Crippen LogP contribution in [0.5, 0.6) is 17.2 Å². The quantitative estimate of drug-likeness (QED) is 0.159. The molecule has 0 spiro atoms. The first kappa shape index (κ1) is 32.5. The molecule has 0 aliphatic carbocycles. The molecule has 9 nitrogen and oxygen atoms in total. The molecule has 0 atom stereocenters. The molecule has 3 N–H and O–H groups in total. The van der Waals surface area contributed by atoms with E-state index in [0.29, 0.717) is 54.7 Å². The third-order valence-corrected chi connectivity index (χ3v) is 6.49. The Morgan fingerprint density at radius 2 is 1.45 bits per heavy atom. The fourth-order valence-electron chi connectivity index (χ4n) is 4.47. The van der Waals surface area contributed by atoms with E-state index in [0.717, 1.165) is 19.3 Å². The van der Waals surface area contributed by atoms with Crippen molar-refractivity contribution in [1.82, 2.24) is 9.80 Å². The summed E-state index contributed by atoms with van der Waals surface area (Å²) in [6.45, 7) is 13.8. The Kier molecular flexibility index (Phi) is 13.3. The number of benzene rings is 2. The number of carbonyl (C=O) groups is 2. The molecule has 0 fully saturated rings. The fraction of sp³-hybridized carbons (Fsp3) is 0.516. The molecule has 0 radical (unpaired) electrons. The van der Waals surface area contributed by atoms with Crippen molar-refractivity contribution in [1.29, 1.82) is 5.41 Å². The van der Waals surface area contributed by atoms with Crippen LogP contribution in [0.3, 0.4) is 0 Å². The van der Waals surface area contributed by atoms with Crippen molar-refractivity contribution in [2.24, 2.45) is 5.73 Å². The molecule has 2 aromatic carbocycles. The highest BCUT2D eigenvalue weighted by molar-refractivity contribution is 5.98. The van der Waals surface area contributed by atoms with Crippen LogP contribution >= 0.6 is 0 Å². The molecule has 0 bridgehead atoms. The van der Waals surface area contributed by atoms with Gasteiger partial charge in [0.1, 0.15) is 23.1 Å². The number of ether oxygens (including phenoxy) is 3. The van der Waals surface area contributed by atoms with Crippen LogP contribution < -0.4 is 19.9 Å². The summed E-state index contributed by atoms with van der Waals surface area (Å²) in [6, 6.07) is 12.5. The van der Waals surface area contributed by atoms with Gasteiger partial charge in [0.05, 0.1) is 24.3 Å². The third kappa shape index (κ3) is 9.47. The molecule has 2 aromatic rings. The number of nitrogen functional groups attached to an aromatic ring is 1. The van der Waals surface area contributed by atoms with Gasteiger partial charge >= 0.3 is 0 Å². The number of para-hydroxylation sites is 1. The van der Waals surface area contributed by atoms with Crippen molar-refractivity contribution in [3.63, 3.8) is 0 Å². The van der Waals surface area contributed by atoms with Crippen LogP contribution in [-0.4, -0.2) is 72.4 Å². The second kappa shape index (κ2) is 16.4. The highest BCUT2D eigenvalue weighted by Crippen LogP contribution is 2.28.